The van der Waals surface area contributed by atoms with Gasteiger partial charge in [-0.1, -0.05) is 54.6 Å². The van der Waals surface area contributed by atoms with Crippen molar-refractivity contribution in [2.45, 2.75) is 6.42 Å². The fourth-order valence-corrected chi connectivity index (χ4v) is 3.03. The molecular weight excluding hydrogens is 299 g/mol. The van der Waals surface area contributed by atoms with Gasteiger partial charge >= 0.3 is 0 Å². The molecule has 0 amide bonds. The summed E-state index contributed by atoms with van der Waals surface area (Å²) in [7, 11) is 0. The molecule has 0 fully saturated rings. The van der Waals surface area contributed by atoms with Gasteiger partial charge in [-0.25, -0.2) is 4.39 Å². The number of nitrogens with one attached hydrogen (secondary N) is 1. The Morgan fingerprint density at radius 2 is 1.75 bits per heavy atom. The predicted octanol–water partition coefficient (Wildman–Crippen LogP) is 5.18. The first-order valence-electron chi connectivity index (χ1n) is 8.06. The van der Waals surface area contributed by atoms with E-state index in [1.807, 2.05) is 12.1 Å². The maximum atomic E-state index is 13.8. The molecule has 118 valence electrons. The highest BCUT2D eigenvalue weighted by atomic mass is 19.1. The van der Waals surface area contributed by atoms with Crippen molar-refractivity contribution in [2.24, 2.45) is 0 Å². The summed E-state index contributed by atoms with van der Waals surface area (Å²) in [4.78, 5) is 4.13. The van der Waals surface area contributed by atoms with Crippen LogP contribution in [0.3, 0.4) is 0 Å². The van der Waals surface area contributed by atoms with Gasteiger partial charge in [-0.15, -0.1) is 0 Å². The molecule has 3 heteroatoms. The largest absolute Gasteiger partial charge is 0.384 e. The van der Waals surface area contributed by atoms with Gasteiger partial charge in [0, 0.05) is 23.8 Å². The number of hydrogen-bond donors (Lipinski definition) is 1. The van der Waals surface area contributed by atoms with Crippen LogP contribution in [-0.4, -0.2) is 11.5 Å². The standard InChI is InChI=1S/C21H17FN2/c22-19-7-3-6-18-20(11-13-24-21(18)19)23-12-10-15-8-9-16-4-1-2-5-17(16)14-15/h1-9,11,13-14H,10,12H2,(H,23,24). The Morgan fingerprint density at radius 3 is 2.67 bits per heavy atom. The quantitative estimate of drug-likeness (QED) is 0.561. The van der Waals surface area contributed by atoms with E-state index in [4.69, 9.17) is 0 Å². The van der Waals surface area contributed by atoms with E-state index < -0.39 is 0 Å². The topological polar surface area (TPSA) is 24.9 Å². The Bertz CT molecular complexity index is 1010. The molecule has 0 atom stereocenters. The number of hydrogen-bond acceptors (Lipinski definition) is 2. The van der Waals surface area contributed by atoms with Crippen LogP contribution in [0.2, 0.25) is 0 Å². The van der Waals surface area contributed by atoms with Gasteiger partial charge in [0.05, 0.1) is 0 Å². The van der Waals surface area contributed by atoms with Crippen LogP contribution in [0.4, 0.5) is 10.1 Å². The third-order valence-electron chi connectivity index (χ3n) is 4.26. The summed E-state index contributed by atoms with van der Waals surface area (Å²) < 4.78 is 13.8. The minimum absolute atomic E-state index is 0.286. The number of fused-ring (bicyclic) bond motifs is 2. The Balaban J connectivity index is 1.52. The number of pyridine rings is 1. The number of aromatic nitrogens is 1. The molecule has 1 N–H and O–H groups in total. The van der Waals surface area contributed by atoms with Gasteiger partial charge in [-0.05, 0) is 34.9 Å². The van der Waals surface area contributed by atoms with Crippen molar-refractivity contribution in [2.75, 3.05) is 11.9 Å². The van der Waals surface area contributed by atoms with Crippen LogP contribution in [0, 0.1) is 5.82 Å². The average Bonchev–Trinajstić information content (AvgIpc) is 2.62. The van der Waals surface area contributed by atoms with Gasteiger partial charge in [0.1, 0.15) is 11.3 Å². The number of halogens is 1. The summed E-state index contributed by atoms with van der Waals surface area (Å²) >= 11 is 0. The Kier molecular flexibility index (Phi) is 3.83. The second-order valence-electron chi connectivity index (χ2n) is 5.85. The van der Waals surface area contributed by atoms with E-state index in [0.29, 0.717) is 5.52 Å². The van der Waals surface area contributed by atoms with Gasteiger partial charge in [0.2, 0.25) is 0 Å². The molecular formula is C21H17FN2. The highest BCUT2D eigenvalue weighted by Crippen LogP contribution is 2.23. The summed E-state index contributed by atoms with van der Waals surface area (Å²) in [6.07, 6.45) is 2.55. The molecule has 1 aromatic heterocycles. The van der Waals surface area contributed by atoms with Gasteiger partial charge in [0.25, 0.3) is 0 Å². The molecule has 24 heavy (non-hydrogen) atoms. The summed E-state index contributed by atoms with van der Waals surface area (Å²) in [6.45, 7) is 0.786. The van der Waals surface area contributed by atoms with Gasteiger partial charge < -0.3 is 5.32 Å². The summed E-state index contributed by atoms with van der Waals surface area (Å²) in [5.41, 5.74) is 2.61. The molecule has 0 aliphatic heterocycles. The third kappa shape index (κ3) is 2.81. The van der Waals surface area contributed by atoms with Crippen LogP contribution < -0.4 is 5.32 Å². The van der Waals surface area contributed by atoms with Gasteiger partial charge in [-0.3, -0.25) is 4.98 Å². The molecule has 0 spiro atoms. The first-order valence-corrected chi connectivity index (χ1v) is 8.06. The number of nitrogens with zero attached hydrogens (tertiary/aromatic N) is 1. The van der Waals surface area contributed by atoms with Crippen molar-refractivity contribution in [3.63, 3.8) is 0 Å². The fraction of sp³-hybridized carbons (Fsp3) is 0.0952. The number of benzene rings is 3. The van der Waals surface area contributed by atoms with Crippen molar-refractivity contribution < 1.29 is 4.39 Å². The Hall–Kier alpha value is -2.94. The van der Waals surface area contributed by atoms with E-state index in [0.717, 1.165) is 24.0 Å². The lowest BCUT2D eigenvalue weighted by Crippen LogP contribution is -2.05. The molecule has 2 nitrogen and oxygen atoms in total. The Labute approximate surface area is 140 Å². The highest BCUT2D eigenvalue weighted by molar-refractivity contribution is 5.91. The normalized spacial score (nSPS) is 11.0. The van der Waals surface area contributed by atoms with E-state index in [-0.39, 0.29) is 5.82 Å². The van der Waals surface area contributed by atoms with Crippen molar-refractivity contribution in [1.29, 1.82) is 0 Å². The molecule has 0 saturated carbocycles. The fourth-order valence-electron chi connectivity index (χ4n) is 3.03. The minimum atomic E-state index is -0.286. The Morgan fingerprint density at radius 1 is 0.875 bits per heavy atom. The molecule has 0 saturated heterocycles. The molecule has 4 aromatic rings. The second kappa shape index (κ2) is 6.28. The van der Waals surface area contributed by atoms with Gasteiger partial charge in [0.15, 0.2) is 0 Å². The first-order chi connectivity index (χ1) is 11.8. The molecule has 4 rings (SSSR count). The maximum absolute atomic E-state index is 13.8. The molecule has 0 aliphatic carbocycles. The molecule has 0 aliphatic rings. The van der Waals surface area contributed by atoms with Crippen LogP contribution in [0.25, 0.3) is 21.7 Å². The molecule has 0 bridgehead atoms. The monoisotopic (exact) mass is 316 g/mol. The lowest BCUT2D eigenvalue weighted by Gasteiger charge is -2.10. The smallest absolute Gasteiger partial charge is 0.149 e. The van der Waals surface area contributed by atoms with Crippen LogP contribution >= 0.6 is 0 Å². The molecule has 1 heterocycles. The summed E-state index contributed by atoms with van der Waals surface area (Å²) in [6, 6.07) is 21.8. The zero-order chi connectivity index (χ0) is 16.4. The molecule has 3 aromatic carbocycles. The minimum Gasteiger partial charge on any atom is -0.384 e. The van der Waals surface area contributed by atoms with Crippen LogP contribution in [-0.2, 0) is 6.42 Å². The van der Waals surface area contributed by atoms with Crippen LogP contribution in [0.5, 0.6) is 0 Å². The number of rotatable bonds is 4. The van der Waals surface area contributed by atoms with Crippen molar-refractivity contribution >= 4 is 27.4 Å². The van der Waals surface area contributed by atoms with Crippen molar-refractivity contribution in [3.05, 3.63) is 84.3 Å². The number of anilines is 1. The van der Waals surface area contributed by atoms with E-state index in [1.165, 1.54) is 22.4 Å². The predicted molar refractivity (Wildman–Crippen MR) is 97.8 cm³/mol. The van der Waals surface area contributed by atoms with Gasteiger partial charge in [-0.2, -0.15) is 0 Å². The maximum Gasteiger partial charge on any atom is 0.149 e. The second-order valence-corrected chi connectivity index (χ2v) is 5.85. The summed E-state index contributed by atoms with van der Waals surface area (Å²) in [5.74, 6) is -0.286. The zero-order valence-electron chi connectivity index (χ0n) is 13.2. The lowest BCUT2D eigenvalue weighted by atomic mass is 10.1. The number of para-hydroxylation sites is 1. The van der Waals surface area contributed by atoms with Crippen molar-refractivity contribution in [1.82, 2.24) is 4.98 Å². The van der Waals surface area contributed by atoms with E-state index >= 15 is 0 Å². The highest BCUT2D eigenvalue weighted by Gasteiger charge is 2.05. The average molecular weight is 316 g/mol. The first kappa shape index (κ1) is 14.6. The SMILES string of the molecule is Fc1cccc2c(NCCc3ccc4ccccc4c3)ccnc12. The summed E-state index contributed by atoms with van der Waals surface area (Å²) in [5, 5.41) is 6.73. The zero-order valence-corrected chi connectivity index (χ0v) is 13.2. The van der Waals surface area contributed by atoms with E-state index in [9.17, 15) is 4.39 Å². The van der Waals surface area contributed by atoms with E-state index in [1.54, 1.807) is 12.3 Å². The van der Waals surface area contributed by atoms with Crippen LogP contribution in [0.15, 0.2) is 72.9 Å². The molecule has 0 radical (unpaired) electrons. The van der Waals surface area contributed by atoms with E-state index in [2.05, 4.69) is 52.8 Å². The molecule has 0 unspecified atom stereocenters. The van der Waals surface area contributed by atoms with Crippen molar-refractivity contribution in [3.8, 4) is 0 Å². The third-order valence-corrected chi connectivity index (χ3v) is 4.26. The van der Waals surface area contributed by atoms with Crippen LogP contribution in [0.1, 0.15) is 5.56 Å². The lowest BCUT2D eigenvalue weighted by molar-refractivity contribution is 0.637.